The maximum Gasteiger partial charge on any atom is 0.255 e. The minimum atomic E-state index is -0.190. The molecule has 3 rings (SSSR count). The van der Waals surface area contributed by atoms with Crippen molar-refractivity contribution in [1.29, 1.82) is 0 Å². The summed E-state index contributed by atoms with van der Waals surface area (Å²) in [5.74, 6) is 1.08. The van der Waals surface area contributed by atoms with Gasteiger partial charge in [-0.2, -0.15) is 0 Å². The summed E-state index contributed by atoms with van der Waals surface area (Å²) in [7, 11) is 0. The first-order chi connectivity index (χ1) is 12.5. The van der Waals surface area contributed by atoms with Crippen molar-refractivity contribution in [2.24, 2.45) is 5.92 Å². The number of ether oxygens (including phenoxy) is 1. The fraction of sp³-hybridized carbons (Fsp3) is 0.333. The summed E-state index contributed by atoms with van der Waals surface area (Å²) in [6.07, 6.45) is 1.50. The highest BCUT2D eigenvalue weighted by Crippen LogP contribution is 2.23. The zero-order valence-electron chi connectivity index (χ0n) is 15.2. The van der Waals surface area contributed by atoms with Crippen molar-refractivity contribution in [3.05, 3.63) is 54.1 Å². The van der Waals surface area contributed by atoms with E-state index < -0.39 is 0 Å². The van der Waals surface area contributed by atoms with E-state index in [-0.39, 0.29) is 11.8 Å². The molecule has 0 spiro atoms. The number of nitrogens with zero attached hydrogens (tertiary/aromatic N) is 1. The van der Waals surface area contributed by atoms with Crippen molar-refractivity contribution in [1.82, 2.24) is 0 Å². The number of carbonyl (C=O) groups is 2. The van der Waals surface area contributed by atoms with Gasteiger partial charge < -0.3 is 15.0 Å². The smallest absolute Gasteiger partial charge is 0.255 e. The lowest BCUT2D eigenvalue weighted by molar-refractivity contribution is -0.117. The van der Waals surface area contributed by atoms with Crippen LogP contribution < -0.4 is 15.0 Å². The molecule has 1 heterocycles. The van der Waals surface area contributed by atoms with Crippen LogP contribution in [0, 0.1) is 5.92 Å². The number of amides is 2. The van der Waals surface area contributed by atoms with Gasteiger partial charge in [0.2, 0.25) is 5.91 Å². The molecule has 136 valence electrons. The first-order valence-electron chi connectivity index (χ1n) is 8.97. The number of hydrogen-bond donors (Lipinski definition) is 1. The van der Waals surface area contributed by atoms with E-state index in [2.05, 4.69) is 19.2 Å². The molecule has 5 nitrogen and oxygen atoms in total. The third-order valence-electron chi connectivity index (χ3n) is 4.19. The predicted molar refractivity (Wildman–Crippen MR) is 103 cm³/mol. The number of benzene rings is 2. The van der Waals surface area contributed by atoms with Crippen LogP contribution in [0.2, 0.25) is 0 Å². The Morgan fingerprint density at radius 2 is 1.96 bits per heavy atom. The van der Waals surface area contributed by atoms with E-state index in [4.69, 9.17) is 4.74 Å². The molecule has 2 aromatic carbocycles. The summed E-state index contributed by atoms with van der Waals surface area (Å²) in [4.78, 5) is 26.0. The molecule has 0 aliphatic carbocycles. The van der Waals surface area contributed by atoms with Gasteiger partial charge in [0.1, 0.15) is 5.75 Å². The Bertz CT molecular complexity index is 784. The maximum atomic E-state index is 12.5. The molecule has 0 radical (unpaired) electrons. The minimum Gasteiger partial charge on any atom is -0.493 e. The van der Waals surface area contributed by atoms with Crippen molar-refractivity contribution in [2.75, 3.05) is 23.4 Å². The number of rotatable bonds is 6. The van der Waals surface area contributed by atoms with Crippen molar-refractivity contribution in [2.45, 2.75) is 26.7 Å². The molecule has 26 heavy (non-hydrogen) atoms. The SMILES string of the molecule is CC(C)COc1cccc(C(=O)Nc2ccc(N3CCCC3=O)cc2)c1. The van der Waals surface area contributed by atoms with Gasteiger partial charge in [-0.1, -0.05) is 19.9 Å². The molecule has 0 unspecified atom stereocenters. The standard InChI is InChI=1S/C21H24N2O3/c1-15(2)14-26-19-6-3-5-16(13-19)21(25)22-17-8-10-18(11-9-17)23-12-4-7-20(23)24/h3,5-6,8-11,13,15H,4,7,12,14H2,1-2H3,(H,22,25). The first-order valence-corrected chi connectivity index (χ1v) is 8.97. The van der Waals surface area contributed by atoms with Gasteiger partial charge in [-0.25, -0.2) is 0 Å². The number of nitrogens with one attached hydrogen (secondary N) is 1. The zero-order valence-corrected chi connectivity index (χ0v) is 15.2. The lowest BCUT2D eigenvalue weighted by atomic mass is 10.2. The Hall–Kier alpha value is -2.82. The van der Waals surface area contributed by atoms with Gasteiger partial charge in [-0.05, 0) is 54.8 Å². The third kappa shape index (κ3) is 4.42. The molecule has 1 aliphatic heterocycles. The molecule has 5 heteroatoms. The lowest BCUT2D eigenvalue weighted by Gasteiger charge is -2.16. The van der Waals surface area contributed by atoms with Crippen molar-refractivity contribution in [3.63, 3.8) is 0 Å². The van der Waals surface area contributed by atoms with Crippen LogP contribution in [0.1, 0.15) is 37.0 Å². The van der Waals surface area contributed by atoms with Crippen molar-refractivity contribution in [3.8, 4) is 5.75 Å². The molecule has 0 atom stereocenters. The third-order valence-corrected chi connectivity index (χ3v) is 4.19. The Labute approximate surface area is 154 Å². The van der Waals surface area contributed by atoms with Crippen molar-refractivity contribution >= 4 is 23.2 Å². The van der Waals surface area contributed by atoms with Crippen molar-refractivity contribution < 1.29 is 14.3 Å². The Morgan fingerprint density at radius 1 is 1.19 bits per heavy atom. The molecule has 1 saturated heterocycles. The van der Waals surface area contributed by atoms with Crippen LogP contribution in [-0.4, -0.2) is 25.0 Å². The minimum absolute atomic E-state index is 0.153. The van der Waals surface area contributed by atoms with Crippen LogP contribution in [0.4, 0.5) is 11.4 Å². The second-order valence-corrected chi connectivity index (χ2v) is 6.88. The van der Waals surface area contributed by atoms with Crippen LogP contribution in [0.25, 0.3) is 0 Å². The van der Waals surface area contributed by atoms with E-state index in [0.717, 1.165) is 18.7 Å². The first kappa shape index (κ1) is 18.0. The monoisotopic (exact) mass is 352 g/mol. The molecule has 1 N–H and O–H groups in total. The Morgan fingerprint density at radius 3 is 2.62 bits per heavy atom. The van der Waals surface area contributed by atoms with Gasteiger partial charge in [0.15, 0.2) is 0 Å². The van der Waals surface area contributed by atoms with Gasteiger partial charge in [0.05, 0.1) is 6.61 Å². The Kier molecular flexibility index (Phi) is 5.56. The summed E-state index contributed by atoms with van der Waals surface area (Å²) in [5.41, 5.74) is 2.11. The quantitative estimate of drug-likeness (QED) is 0.851. The van der Waals surface area contributed by atoms with Gasteiger partial charge in [0, 0.05) is 29.9 Å². The molecule has 0 bridgehead atoms. The van der Waals surface area contributed by atoms with Gasteiger partial charge >= 0.3 is 0 Å². The molecule has 2 aromatic rings. The van der Waals surface area contributed by atoms with Crippen LogP contribution in [0.15, 0.2) is 48.5 Å². The van der Waals surface area contributed by atoms with Gasteiger partial charge in [-0.15, -0.1) is 0 Å². The topological polar surface area (TPSA) is 58.6 Å². The second kappa shape index (κ2) is 8.04. The Balaban J connectivity index is 1.64. The van der Waals surface area contributed by atoms with E-state index in [0.29, 0.717) is 35.9 Å². The van der Waals surface area contributed by atoms with E-state index in [9.17, 15) is 9.59 Å². The second-order valence-electron chi connectivity index (χ2n) is 6.88. The maximum absolute atomic E-state index is 12.5. The highest BCUT2D eigenvalue weighted by molar-refractivity contribution is 6.04. The summed E-state index contributed by atoms with van der Waals surface area (Å²) in [6.45, 7) is 5.53. The largest absolute Gasteiger partial charge is 0.493 e. The number of hydrogen-bond acceptors (Lipinski definition) is 3. The average Bonchev–Trinajstić information content (AvgIpc) is 3.07. The number of carbonyl (C=O) groups excluding carboxylic acids is 2. The van der Waals surface area contributed by atoms with E-state index in [1.54, 1.807) is 17.0 Å². The average molecular weight is 352 g/mol. The zero-order chi connectivity index (χ0) is 18.5. The molecule has 2 amide bonds. The fourth-order valence-corrected chi connectivity index (χ4v) is 2.84. The van der Waals surface area contributed by atoms with E-state index >= 15 is 0 Å². The molecule has 1 aliphatic rings. The van der Waals surface area contributed by atoms with Gasteiger partial charge in [0.25, 0.3) is 5.91 Å². The van der Waals surface area contributed by atoms with E-state index in [1.807, 2.05) is 36.4 Å². The van der Waals surface area contributed by atoms with Crippen LogP contribution in [-0.2, 0) is 4.79 Å². The molecule has 0 aromatic heterocycles. The van der Waals surface area contributed by atoms with E-state index in [1.165, 1.54) is 0 Å². The number of anilines is 2. The summed E-state index contributed by atoms with van der Waals surface area (Å²) >= 11 is 0. The molecular formula is C21H24N2O3. The summed E-state index contributed by atoms with van der Waals surface area (Å²) < 4.78 is 5.67. The molecular weight excluding hydrogens is 328 g/mol. The van der Waals surface area contributed by atoms with Crippen LogP contribution in [0.5, 0.6) is 5.75 Å². The fourth-order valence-electron chi connectivity index (χ4n) is 2.84. The van der Waals surface area contributed by atoms with Gasteiger partial charge in [-0.3, -0.25) is 9.59 Å². The highest BCUT2D eigenvalue weighted by Gasteiger charge is 2.21. The molecule has 1 fully saturated rings. The van der Waals surface area contributed by atoms with Crippen LogP contribution in [0.3, 0.4) is 0 Å². The normalized spacial score (nSPS) is 14.0. The molecule has 0 saturated carbocycles. The lowest BCUT2D eigenvalue weighted by Crippen LogP contribution is -2.23. The predicted octanol–water partition coefficient (Wildman–Crippen LogP) is 4.10. The highest BCUT2D eigenvalue weighted by atomic mass is 16.5. The summed E-state index contributed by atoms with van der Waals surface area (Å²) in [5, 5.41) is 2.88. The van der Waals surface area contributed by atoms with Crippen LogP contribution >= 0.6 is 0 Å². The summed E-state index contributed by atoms with van der Waals surface area (Å²) in [6, 6.07) is 14.5.